The normalized spacial score (nSPS) is 16.6. The van der Waals surface area contributed by atoms with E-state index in [2.05, 4.69) is 16.0 Å². The van der Waals surface area contributed by atoms with E-state index in [-0.39, 0.29) is 38.9 Å². The van der Waals surface area contributed by atoms with Crippen molar-refractivity contribution in [2.75, 3.05) is 18.5 Å². The monoisotopic (exact) mass is 1110 g/mol. The van der Waals surface area contributed by atoms with Crippen molar-refractivity contribution in [1.82, 2.24) is 10.6 Å². The van der Waals surface area contributed by atoms with Crippen LogP contribution in [0.5, 0.6) is 17.2 Å². The van der Waals surface area contributed by atoms with Crippen LogP contribution in [0.15, 0.2) is 188 Å². The molecule has 1 aliphatic heterocycles. The van der Waals surface area contributed by atoms with E-state index in [0.717, 1.165) is 12.1 Å². The molecule has 418 valence electrons. The van der Waals surface area contributed by atoms with Crippen molar-refractivity contribution in [3.8, 4) is 17.2 Å². The molecule has 1 fully saturated rings. The predicted molar refractivity (Wildman–Crippen MR) is 290 cm³/mol. The highest BCUT2D eigenvalue weighted by Gasteiger charge is 2.54. The van der Waals surface area contributed by atoms with Gasteiger partial charge in [0.25, 0.3) is 5.91 Å². The van der Waals surface area contributed by atoms with E-state index >= 15 is 0 Å². The number of nitrogens with two attached hydrogens (primary N) is 1. The fourth-order valence-corrected chi connectivity index (χ4v) is 8.31. The average Bonchev–Trinajstić information content (AvgIpc) is 3.56. The fraction of sp³-hybridized carbons (Fsp3) is 0.150. The van der Waals surface area contributed by atoms with Gasteiger partial charge in [0.2, 0.25) is 18.3 Å². The van der Waals surface area contributed by atoms with Gasteiger partial charge in [-0.2, -0.15) is 0 Å². The minimum absolute atomic E-state index is 0.0109. The number of carboxylic acid groups (broad SMARTS) is 1. The SMILES string of the molecule is N=C(N)Nc1cccc(C(=O)NCC(=O)NC(CC(=O)O)c2cc(OC3OC(COC(=O)c4ccccc4)C(OC(=O)c4ccccc4)C(OC(=O)c4ccccc4)C3OC(=O)c3ccccc3)c(OC(=O)c3ccccc3)cc2O)c1. The minimum atomic E-state index is -2.08. The Balaban J connectivity index is 1.23. The highest BCUT2D eigenvalue weighted by molar-refractivity contribution is 5.99. The lowest BCUT2D eigenvalue weighted by Crippen LogP contribution is -2.64. The van der Waals surface area contributed by atoms with E-state index in [1.165, 1.54) is 91.0 Å². The van der Waals surface area contributed by atoms with Crippen molar-refractivity contribution in [2.45, 2.75) is 43.2 Å². The molecule has 82 heavy (non-hydrogen) atoms. The third-order valence-electron chi connectivity index (χ3n) is 12.2. The summed E-state index contributed by atoms with van der Waals surface area (Å²) in [5, 5.41) is 36.8. The van der Waals surface area contributed by atoms with Gasteiger partial charge in [-0.1, -0.05) is 97.1 Å². The van der Waals surface area contributed by atoms with Crippen molar-refractivity contribution in [3.05, 3.63) is 227 Å². The van der Waals surface area contributed by atoms with Crippen LogP contribution in [0.25, 0.3) is 0 Å². The van der Waals surface area contributed by atoms with E-state index in [1.807, 2.05) is 0 Å². The molecular weight excluding hydrogens is 1060 g/mol. The molecule has 1 saturated heterocycles. The number of hydrogen-bond acceptors (Lipinski definition) is 17. The van der Waals surface area contributed by atoms with Crippen LogP contribution in [0.3, 0.4) is 0 Å². The van der Waals surface area contributed by atoms with Crippen LogP contribution in [0.1, 0.15) is 80.2 Å². The van der Waals surface area contributed by atoms with Crippen molar-refractivity contribution in [3.63, 3.8) is 0 Å². The van der Waals surface area contributed by atoms with Gasteiger partial charge in [-0.15, -0.1) is 0 Å². The molecule has 8 N–H and O–H groups in total. The van der Waals surface area contributed by atoms with Crippen LogP contribution >= 0.6 is 0 Å². The van der Waals surface area contributed by atoms with Crippen LogP contribution in [0, 0.1) is 5.41 Å². The lowest BCUT2D eigenvalue weighted by molar-refractivity contribution is -0.275. The van der Waals surface area contributed by atoms with Crippen molar-refractivity contribution in [2.24, 2.45) is 5.73 Å². The maximum Gasteiger partial charge on any atom is 0.343 e. The number of benzene rings is 7. The molecule has 2 amide bonds. The smallest absolute Gasteiger partial charge is 0.343 e. The Kier molecular flexibility index (Phi) is 19.0. The molecule has 7 aromatic carbocycles. The van der Waals surface area contributed by atoms with Crippen LogP contribution in [0.2, 0.25) is 0 Å². The molecule has 6 unspecified atom stereocenters. The molecule has 1 aliphatic rings. The number of phenolic OH excluding ortho intramolecular Hbond substituents is 1. The second-order valence-electron chi connectivity index (χ2n) is 18.0. The lowest BCUT2D eigenvalue weighted by Gasteiger charge is -2.44. The topological polar surface area (TPSA) is 328 Å². The fourth-order valence-electron chi connectivity index (χ4n) is 8.31. The first kappa shape index (κ1) is 57.3. The first-order valence-corrected chi connectivity index (χ1v) is 25.1. The van der Waals surface area contributed by atoms with Gasteiger partial charge < -0.3 is 65.1 Å². The van der Waals surface area contributed by atoms with Gasteiger partial charge in [-0.3, -0.25) is 19.8 Å². The van der Waals surface area contributed by atoms with Gasteiger partial charge in [0, 0.05) is 22.9 Å². The van der Waals surface area contributed by atoms with Gasteiger partial charge in [0.1, 0.15) is 18.5 Å². The minimum Gasteiger partial charge on any atom is -0.507 e. The summed E-state index contributed by atoms with van der Waals surface area (Å²) in [6.07, 6.45) is -10.4. The molecule has 6 atom stereocenters. The zero-order valence-corrected chi connectivity index (χ0v) is 43.1. The summed E-state index contributed by atoms with van der Waals surface area (Å²) >= 11 is 0. The summed E-state index contributed by atoms with van der Waals surface area (Å²) in [5.41, 5.74) is 5.50. The summed E-state index contributed by atoms with van der Waals surface area (Å²) < 4.78 is 43.1. The Morgan fingerprint density at radius 2 is 1.04 bits per heavy atom. The molecule has 0 radical (unpaired) electrons. The highest BCUT2D eigenvalue weighted by Crippen LogP contribution is 2.41. The standard InChI is InChI=1S/C60H51N5O17/c61-60(62)64-41-28-16-27-40(29-41)53(70)63-33-48(67)65-43(31-49(68)69)42-30-45(46(32-44(42)66)77-55(72)36-19-8-2-9-20-36)78-59-52(82-58(75)39-25-14-5-15-26-39)51(81-57(74)38-23-12-4-13-24-38)50(80-56(73)37-21-10-3-11-22-37)47(79-59)34-76-54(71)35-17-6-1-7-18-35/h1-30,32,43,47,50-52,59,66H,31,33-34H2,(H,63,70)(H,65,67)(H,68,69)(H4,61,62,64). The van der Waals surface area contributed by atoms with E-state index < -0.39 is 127 Å². The second-order valence-corrected chi connectivity index (χ2v) is 18.0. The number of carboxylic acids is 1. The quantitative estimate of drug-likeness (QED) is 0.0131. The van der Waals surface area contributed by atoms with E-state index in [4.69, 9.17) is 44.3 Å². The number of anilines is 1. The molecule has 0 saturated carbocycles. The third kappa shape index (κ3) is 15.2. The lowest BCUT2D eigenvalue weighted by atomic mass is 9.97. The molecule has 22 heteroatoms. The van der Waals surface area contributed by atoms with Gasteiger partial charge >= 0.3 is 35.8 Å². The zero-order valence-electron chi connectivity index (χ0n) is 43.1. The number of rotatable bonds is 21. The summed E-state index contributed by atoms with van der Waals surface area (Å²) in [7, 11) is 0. The summed E-state index contributed by atoms with van der Waals surface area (Å²) in [6.45, 7) is -1.49. The molecule has 0 bridgehead atoms. The molecule has 1 heterocycles. The van der Waals surface area contributed by atoms with Crippen molar-refractivity contribution in [1.29, 1.82) is 5.41 Å². The third-order valence-corrected chi connectivity index (χ3v) is 12.2. The Hall–Kier alpha value is -10.9. The first-order valence-electron chi connectivity index (χ1n) is 25.1. The number of phenols is 1. The Labute approximate surface area is 467 Å². The van der Waals surface area contributed by atoms with E-state index in [9.17, 15) is 48.6 Å². The molecule has 7 aromatic rings. The molecule has 0 spiro atoms. The average molecular weight is 1110 g/mol. The van der Waals surface area contributed by atoms with Crippen molar-refractivity contribution >= 4 is 59.3 Å². The molecular formula is C60H51N5O17. The number of amides is 2. The summed E-state index contributed by atoms with van der Waals surface area (Å²) in [6, 6.07) is 44.1. The number of nitrogens with one attached hydrogen (secondary N) is 4. The Bertz CT molecular complexity index is 3450. The number of guanidine groups is 1. The Morgan fingerprint density at radius 3 is 1.55 bits per heavy atom. The largest absolute Gasteiger partial charge is 0.507 e. The van der Waals surface area contributed by atoms with Gasteiger partial charge in [0.15, 0.2) is 29.7 Å². The number of carbonyl (C=O) groups excluding carboxylic acids is 7. The maximum atomic E-state index is 14.3. The maximum absolute atomic E-state index is 14.3. The van der Waals surface area contributed by atoms with Crippen LogP contribution in [-0.2, 0) is 33.3 Å². The van der Waals surface area contributed by atoms with Gasteiger partial charge in [0.05, 0.1) is 46.8 Å². The second kappa shape index (κ2) is 27.1. The summed E-state index contributed by atoms with van der Waals surface area (Å²) in [5.74, 6) is -10.4. The highest BCUT2D eigenvalue weighted by atomic mass is 16.7. The first-order chi connectivity index (χ1) is 39.6. The number of aliphatic carboxylic acids is 1. The molecule has 22 nitrogen and oxygen atoms in total. The molecule has 8 rings (SSSR count). The number of aromatic hydroxyl groups is 1. The van der Waals surface area contributed by atoms with E-state index in [1.54, 1.807) is 84.9 Å². The predicted octanol–water partition coefficient (Wildman–Crippen LogP) is 6.62. The van der Waals surface area contributed by atoms with Gasteiger partial charge in [-0.25, -0.2) is 24.0 Å². The van der Waals surface area contributed by atoms with Gasteiger partial charge in [-0.05, 0) is 84.9 Å². The van der Waals surface area contributed by atoms with Crippen molar-refractivity contribution < 1.29 is 81.7 Å². The number of carbonyl (C=O) groups is 8. The number of esters is 5. The molecule has 0 aliphatic carbocycles. The summed E-state index contributed by atoms with van der Waals surface area (Å²) in [4.78, 5) is 109. The van der Waals surface area contributed by atoms with Crippen LogP contribution < -0.4 is 31.2 Å². The zero-order chi connectivity index (χ0) is 58.1. The van der Waals surface area contributed by atoms with E-state index in [0.29, 0.717) is 5.69 Å². The van der Waals surface area contributed by atoms with Crippen LogP contribution in [-0.4, -0.2) is 108 Å². The number of hydrogen-bond donors (Lipinski definition) is 7. The number of ether oxygens (including phenoxy) is 7. The van der Waals surface area contributed by atoms with Crippen LogP contribution in [0.4, 0.5) is 5.69 Å². The molecule has 0 aromatic heterocycles. The Morgan fingerprint density at radius 1 is 0.561 bits per heavy atom.